The van der Waals surface area contributed by atoms with Crippen molar-refractivity contribution in [2.45, 2.75) is 27.2 Å². The molecule has 0 bridgehead atoms. The summed E-state index contributed by atoms with van der Waals surface area (Å²) in [5.74, 6) is -0.156. The van der Waals surface area contributed by atoms with Gasteiger partial charge >= 0.3 is 0 Å². The lowest BCUT2D eigenvalue weighted by atomic mass is 9.93. The summed E-state index contributed by atoms with van der Waals surface area (Å²) >= 11 is 0. The molecule has 1 aliphatic rings. The maximum atomic E-state index is 12.2. The molecule has 4 heteroatoms. The van der Waals surface area contributed by atoms with Crippen LogP contribution in [0.1, 0.15) is 36.3 Å². The number of amides is 1. The highest BCUT2D eigenvalue weighted by molar-refractivity contribution is 5.94. The van der Waals surface area contributed by atoms with E-state index in [0.29, 0.717) is 0 Å². The van der Waals surface area contributed by atoms with Crippen LogP contribution in [0.4, 0.5) is 0 Å². The van der Waals surface area contributed by atoms with Crippen LogP contribution < -0.4 is 5.43 Å². The highest BCUT2D eigenvalue weighted by Gasteiger charge is 2.33. The number of pyridine rings is 1. The van der Waals surface area contributed by atoms with Crippen LogP contribution in [0.5, 0.6) is 0 Å². The molecule has 0 aliphatic carbocycles. The molecule has 0 aromatic carbocycles. The molecular formula is C13H18N2O2. The molecule has 1 amide bonds. The fourth-order valence-electron chi connectivity index (χ4n) is 2.20. The van der Waals surface area contributed by atoms with Crippen molar-refractivity contribution in [3.8, 4) is 0 Å². The Bertz CT molecular complexity index is 502. The zero-order chi connectivity index (χ0) is 12.6. The van der Waals surface area contributed by atoms with Crippen LogP contribution in [-0.4, -0.2) is 28.9 Å². The van der Waals surface area contributed by atoms with Crippen molar-refractivity contribution in [3.05, 3.63) is 33.7 Å². The van der Waals surface area contributed by atoms with Crippen LogP contribution >= 0.6 is 0 Å². The Labute approximate surface area is 101 Å². The fourth-order valence-corrected chi connectivity index (χ4v) is 2.20. The van der Waals surface area contributed by atoms with E-state index in [0.717, 1.165) is 25.2 Å². The van der Waals surface area contributed by atoms with E-state index in [1.807, 2.05) is 0 Å². The first-order valence-electron chi connectivity index (χ1n) is 5.88. The van der Waals surface area contributed by atoms with Crippen LogP contribution in [0.2, 0.25) is 0 Å². The molecule has 4 nitrogen and oxygen atoms in total. The number of hydrogen-bond acceptors (Lipinski definition) is 2. The summed E-state index contributed by atoms with van der Waals surface area (Å²) in [6.45, 7) is 7.53. The molecule has 1 aliphatic heterocycles. The largest absolute Gasteiger partial charge is 0.364 e. The van der Waals surface area contributed by atoms with E-state index in [-0.39, 0.29) is 22.3 Å². The summed E-state index contributed by atoms with van der Waals surface area (Å²) in [6.07, 6.45) is 2.51. The molecule has 0 atom stereocenters. The third kappa shape index (κ3) is 2.40. The molecular weight excluding hydrogens is 216 g/mol. The Kier molecular flexibility index (Phi) is 2.81. The van der Waals surface area contributed by atoms with E-state index < -0.39 is 0 Å². The van der Waals surface area contributed by atoms with Gasteiger partial charge in [0.15, 0.2) is 5.43 Å². The smallest absolute Gasteiger partial charge is 0.259 e. The molecule has 17 heavy (non-hydrogen) atoms. The predicted octanol–water partition coefficient (Wildman–Crippen LogP) is 1.56. The average molecular weight is 234 g/mol. The van der Waals surface area contributed by atoms with E-state index in [1.54, 1.807) is 11.8 Å². The normalized spacial score (nSPS) is 18.4. The minimum absolute atomic E-state index is 0.156. The molecule has 1 aromatic rings. The maximum Gasteiger partial charge on any atom is 0.259 e. The lowest BCUT2D eigenvalue weighted by Crippen LogP contribution is -2.33. The van der Waals surface area contributed by atoms with Crippen LogP contribution in [0.15, 0.2) is 17.1 Å². The monoisotopic (exact) mass is 234 g/mol. The van der Waals surface area contributed by atoms with Gasteiger partial charge in [0.2, 0.25) is 0 Å². The van der Waals surface area contributed by atoms with E-state index in [1.165, 1.54) is 12.3 Å². The van der Waals surface area contributed by atoms with Gasteiger partial charge in [0, 0.05) is 31.0 Å². The lowest BCUT2D eigenvalue weighted by molar-refractivity contribution is 0.0776. The zero-order valence-electron chi connectivity index (χ0n) is 10.5. The fraction of sp³-hybridized carbons (Fsp3) is 0.538. The number of H-pyrrole nitrogens is 1. The second-order valence-electron chi connectivity index (χ2n) is 5.53. The van der Waals surface area contributed by atoms with Gasteiger partial charge in [0.1, 0.15) is 5.56 Å². The zero-order valence-corrected chi connectivity index (χ0v) is 10.5. The Morgan fingerprint density at radius 1 is 1.47 bits per heavy atom. The van der Waals surface area contributed by atoms with Crippen molar-refractivity contribution in [1.29, 1.82) is 0 Å². The molecule has 0 radical (unpaired) electrons. The molecule has 92 valence electrons. The summed E-state index contributed by atoms with van der Waals surface area (Å²) in [4.78, 5) is 28.6. The van der Waals surface area contributed by atoms with Crippen LogP contribution in [-0.2, 0) is 0 Å². The minimum atomic E-state index is -0.198. The van der Waals surface area contributed by atoms with Crippen molar-refractivity contribution in [1.82, 2.24) is 9.88 Å². The van der Waals surface area contributed by atoms with Crippen molar-refractivity contribution in [2.75, 3.05) is 13.1 Å². The number of aryl methyl sites for hydroxylation is 1. The highest BCUT2D eigenvalue weighted by atomic mass is 16.2. The van der Waals surface area contributed by atoms with E-state index in [4.69, 9.17) is 0 Å². The number of likely N-dealkylation sites (tertiary alicyclic amines) is 1. The van der Waals surface area contributed by atoms with Gasteiger partial charge in [-0.15, -0.1) is 0 Å². The van der Waals surface area contributed by atoms with Crippen LogP contribution in [0.3, 0.4) is 0 Å². The van der Waals surface area contributed by atoms with E-state index in [9.17, 15) is 9.59 Å². The number of hydrogen-bond donors (Lipinski definition) is 1. The summed E-state index contributed by atoms with van der Waals surface area (Å²) in [6, 6.07) is 1.47. The molecule has 1 N–H and O–H groups in total. The Morgan fingerprint density at radius 3 is 2.71 bits per heavy atom. The summed E-state index contributed by atoms with van der Waals surface area (Å²) in [5, 5.41) is 0. The molecule has 0 unspecified atom stereocenters. The van der Waals surface area contributed by atoms with Crippen LogP contribution in [0, 0.1) is 12.3 Å². The molecule has 0 saturated carbocycles. The third-order valence-corrected chi connectivity index (χ3v) is 3.25. The second kappa shape index (κ2) is 4.02. The van der Waals surface area contributed by atoms with Crippen molar-refractivity contribution in [3.63, 3.8) is 0 Å². The molecule has 1 fully saturated rings. The first-order valence-corrected chi connectivity index (χ1v) is 5.88. The van der Waals surface area contributed by atoms with Gasteiger partial charge in [0.25, 0.3) is 5.91 Å². The van der Waals surface area contributed by atoms with E-state index >= 15 is 0 Å². The second-order valence-corrected chi connectivity index (χ2v) is 5.53. The number of aromatic nitrogens is 1. The molecule has 0 spiro atoms. The summed E-state index contributed by atoms with van der Waals surface area (Å²) in [5.41, 5.74) is 0.977. The number of nitrogens with zero attached hydrogens (tertiary/aromatic N) is 1. The van der Waals surface area contributed by atoms with Gasteiger partial charge < -0.3 is 9.88 Å². The van der Waals surface area contributed by atoms with Gasteiger partial charge in [-0.1, -0.05) is 13.8 Å². The Balaban J connectivity index is 2.24. The standard InChI is InChI=1S/C13H18N2O2/c1-9-6-11(16)10(7-14-9)12(17)15-5-4-13(2,3)8-15/h6-7H,4-5,8H2,1-3H3,(H,14,16). The predicted molar refractivity (Wildman–Crippen MR) is 66.1 cm³/mol. The van der Waals surface area contributed by atoms with Gasteiger partial charge in [-0.05, 0) is 18.8 Å². The molecule has 2 heterocycles. The van der Waals surface area contributed by atoms with Crippen LogP contribution in [0.25, 0.3) is 0 Å². The van der Waals surface area contributed by atoms with Gasteiger partial charge in [-0.3, -0.25) is 9.59 Å². The highest BCUT2D eigenvalue weighted by Crippen LogP contribution is 2.29. The molecule has 1 aromatic heterocycles. The third-order valence-electron chi connectivity index (χ3n) is 3.25. The number of carbonyl (C=O) groups excluding carboxylic acids is 1. The molecule has 2 rings (SSSR count). The van der Waals surface area contributed by atoms with E-state index in [2.05, 4.69) is 18.8 Å². The topological polar surface area (TPSA) is 53.2 Å². The van der Waals surface area contributed by atoms with Gasteiger partial charge in [0.05, 0.1) is 0 Å². The van der Waals surface area contributed by atoms with Gasteiger partial charge in [-0.2, -0.15) is 0 Å². The number of nitrogens with one attached hydrogen (secondary N) is 1. The van der Waals surface area contributed by atoms with Crippen molar-refractivity contribution in [2.24, 2.45) is 5.41 Å². The number of aromatic amines is 1. The Hall–Kier alpha value is -1.58. The first kappa shape index (κ1) is 11.9. The molecule has 1 saturated heterocycles. The summed E-state index contributed by atoms with van der Waals surface area (Å²) < 4.78 is 0. The van der Waals surface area contributed by atoms with Gasteiger partial charge in [-0.25, -0.2) is 0 Å². The summed E-state index contributed by atoms with van der Waals surface area (Å²) in [7, 11) is 0. The Morgan fingerprint density at radius 2 is 2.18 bits per heavy atom. The SMILES string of the molecule is Cc1cc(=O)c(C(=O)N2CCC(C)(C)C2)c[nH]1. The average Bonchev–Trinajstić information content (AvgIpc) is 2.58. The minimum Gasteiger partial charge on any atom is -0.364 e. The van der Waals surface area contributed by atoms with Crippen molar-refractivity contribution < 1.29 is 4.79 Å². The quantitative estimate of drug-likeness (QED) is 0.801. The number of carbonyl (C=O) groups is 1. The first-order chi connectivity index (χ1) is 7.89. The maximum absolute atomic E-state index is 12.2. The lowest BCUT2D eigenvalue weighted by Gasteiger charge is -2.19. The number of rotatable bonds is 1. The van der Waals surface area contributed by atoms with Crippen molar-refractivity contribution >= 4 is 5.91 Å².